The Morgan fingerprint density at radius 2 is 0.828 bits per heavy atom. The van der Waals surface area contributed by atoms with Gasteiger partial charge in [0.15, 0.2) is 0 Å². The topological polar surface area (TPSA) is 26.3 Å². The molecule has 0 bridgehead atoms. The molecule has 338 valence electrons. The summed E-state index contributed by atoms with van der Waals surface area (Å²) in [6.45, 7) is 29.2. The van der Waals surface area contributed by atoms with E-state index in [-0.39, 0.29) is 32.1 Å². The number of hydrogen-bond donors (Lipinski definition) is 0. The van der Waals surface area contributed by atoms with Gasteiger partial charge in [-0.2, -0.15) is 0 Å². The van der Waals surface area contributed by atoms with Crippen LogP contribution in [0.1, 0.15) is 74.8 Å². The molecule has 0 N–H and O–H groups in total. The van der Waals surface area contributed by atoms with Crippen LogP contribution in [0.25, 0.3) is 45.6 Å². The van der Waals surface area contributed by atoms with Crippen LogP contribution in [0.5, 0.6) is 0 Å². The first-order chi connectivity index (χ1) is 28.7. The number of aryl methyl sites for hydroxylation is 4. The zero-order valence-electron chi connectivity index (χ0n) is 39.4. The minimum atomic E-state index is -4.43. The van der Waals surface area contributed by atoms with Crippen LogP contribution in [0.2, 0.25) is 68.6 Å². The second kappa shape index (κ2) is 17.6. The van der Waals surface area contributed by atoms with Crippen molar-refractivity contribution in [3.8, 4) is 22.3 Å². The first-order valence-electron chi connectivity index (χ1n) is 21.6. The average Bonchev–Trinajstić information content (AvgIpc) is 3.92. The Hall–Kier alpha value is -1.81. The summed E-state index contributed by atoms with van der Waals surface area (Å²) in [5, 5.41) is 5.21. The molecule has 2 unspecified atom stereocenters. The second-order valence-electron chi connectivity index (χ2n) is 21.3. The van der Waals surface area contributed by atoms with Crippen molar-refractivity contribution in [1.29, 1.82) is 0 Å². The van der Waals surface area contributed by atoms with Crippen LogP contribution in [-0.4, -0.2) is 23.0 Å². The molecular formula is C52H60Cl6O2Si3Zr. The third-order valence-electron chi connectivity index (χ3n) is 13.8. The Kier molecular flexibility index (Phi) is 14.2. The van der Waals surface area contributed by atoms with Crippen molar-refractivity contribution in [3.05, 3.63) is 148 Å². The summed E-state index contributed by atoms with van der Waals surface area (Å²) in [7, 11) is -3.64. The predicted molar refractivity (Wildman–Crippen MR) is 292 cm³/mol. The van der Waals surface area contributed by atoms with Gasteiger partial charge < -0.3 is 0 Å². The van der Waals surface area contributed by atoms with E-state index in [4.69, 9.17) is 55.2 Å². The van der Waals surface area contributed by atoms with E-state index in [0.29, 0.717) is 0 Å². The zero-order valence-corrected chi connectivity index (χ0v) is 50.0. The third-order valence-corrected chi connectivity index (χ3v) is 36.9. The molecule has 4 aromatic carbocycles. The van der Waals surface area contributed by atoms with Gasteiger partial charge in [0.2, 0.25) is 0 Å². The first-order valence-corrected chi connectivity index (χ1v) is 43.8. The van der Waals surface area contributed by atoms with Gasteiger partial charge in [-0.15, -0.1) is 24.8 Å². The maximum atomic E-state index is 7.20. The van der Waals surface area contributed by atoms with E-state index in [1.54, 1.807) is 0 Å². The van der Waals surface area contributed by atoms with E-state index in [9.17, 15) is 0 Å². The Labute approximate surface area is 417 Å². The molecule has 0 amide bonds. The zero-order chi connectivity index (χ0) is 45.4. The van der Waals surface area contributed by atoms with E-state index in [2.05, 4.69) is 156 Å². The molecule has 12 heteroatoms. The molecular weight excluding hydrogens is 1040 g/mol. The number of hydrogen-bond acceptors (Lipinski definition) is 2. The fraction of sp³-hybridized carbons (Fsp3) is 0.308. The van der Waals surface area contributed by atoms with Gasteiger partial charge >= 0.3 is 397 Å². The average molecular weight is 1110 g/mol. The van der Waals surface area contributed by atoms with Crippen molar-refractivity contribution in [2.24, 2.45) is 0 Å². The van der Waals surface area contributed by atoms with E-state index < -0.39 is 33.5 Å². The van der Waals surface area contributed by atoms with Gasteiger partial charge in [0, 0.05) is 0 Å². The van der Waals surface area contributed by atoms with E-state index in [0.717, 1.165) is 64.6 Å². The SMILES string of the molecule is Cc1ccc(C2=Cc3c(cc(C)c(C)c3-c3cc(Cl)c([Si](C)(C)C)c(Cl)c3)[CH]2[Zr]([CH3])([CH3])(=[SiH2])[CH]2C(c3ccc(C)o3)=Cc3c2cc(C)c(C)c3-c2cc(Cl)c([Si](C)(C)C)c(Cl)c2)o1.Cl.Cl. The largest absolute Gasteiger partial charge is 0.147 e. The summed E-state index contributed by atoms with van der Waals surface area (Å²) in [4.78, 5) is 0. The van der Waals surface area contributed by atoms with Gasteiger partial charge in [-0.05, 0) is 0 Å². The molecule has 64 heavy (non-hydrogen) atoms. The molecule has 6 aromatic rings. The Balaban J connectivity index is 0.00000340. The number of allylic oxidation sites excluding steroid dienone is 2. The predicted octanol–water partition coefficient (Wildman–Crippen LogP) is 16.8. The molecule has 0 aliphatic heterocycles. The Bertz CT molecular complexity index is 2800. The summed E-state index contributed by atoms with van der Waals surface area (Å²) >= 11 is 24.4. The minimum Gasteiger partial charge on any atom is -0.147 e. The molecule has 2 nitrogen and oxygen atoms in total. The molecule has 0 fully saturated rings. The number of benzene rings is 4. The fourth-order valence-corrected chi connectivity index (χ4v) is 36.8. The first kappa shape index (κ1) is 51.6. The number of rotatable bonds is 8. The van der Waals surface area contributed by atoms with E-state index in [1.165, 1.54) is 66.8 Å². The molecule has 2 aliphatic rings. The van der Waals surface area contributed by atoms with Crippen LogP contribution in [-0.2, 0) is 17.4 Å². The normalized spacial score (nSPS) is 16.2. The molecule has 2 aliphatic carbocycles. The van der Waals surface area contributed by atoms with Gasteiger partial charge in [-0.25, -0.2) is 0 Å². The second-order valence-corrected chi connectivity index (χ2v) is 63.4. The van der Waals surface area contributed by atoms with Crippen LogP contribution in [0.15, 0.2) is 69.5 Å². The summed E-state index contributed by atoms with van der Waals surface area (Å²) in [5.74, 6) is 3.65. The van der Waals surface area contributed by atoms with Crippen molar-refractivity contribution < 1.29 is 26.2 Å². The molecule has 0 spiro atoms. The smallest absolute Gasteiger partial charge is 0.147 e. The van der Waals surface area contributed by atoms with Gasteiger partial charge in [-0.3, -0.25) is 0 Å². The maximum Gasteiger partial charge on any atom is -0.147 e. The standard InChI is InChI=1S/2C25H25Cl2OSi.2CH3.2ClH.H2Si.Zr/c2*1-14-9-17-10-18(23-8-7-15(2)28-23)11-20(17)24(16(14)3)19-12-21(26)25(22(27)13-19)29(4,5)6;;;;;;/h2*7-13H,1-6H3;2*1H3;2*1H;1H2;. The molecule has 2 heterocycles. The van der Waals surface area contributed by atoms with Crippen molar-refractivity contribution in [2.75, 3.05) is 0 Å². The van der Waals surface area contributed by atoms with Crippen molar-refractivity contribution >= 4 is 128 Å². The molecule has 0 radical (unpaired) electrons. The van der Waals surface area contributed by atoms with Crippen LogP contribution >= 0.6 is 71.2 Å². The molecule has 8 rings (SSSR count). The van der Waals surface area contributed by atoms with Gasteiger partial charge in [0.1, 0.15) is 0 Å². The molecule has 2 atom stereocenters. The summed E-state index contributed by atoms with van der Waals surface area (Å²) < 4.78 is 18.8. The quantitative estimate of drug-likeness (QED) is 0.142. The van der Waals surface area contributed by atoms with Crippen molar-refractivity contribution in [1.82, 2.24) is 0 Å². The van der Waals surface area contributed by atoms with Crippen LogP contribution in [0.4, 0.5) is 0 Å². The monoisotopic (exact) mass is 1100 g/mol. The number of halogens is 6. The number of fused-ring (bicyclic) bond motifs is 2. The summed E-state index contributed by atoms with van der Waals surface area (Å²) in [6.07, 6.45) is 4.88. The van der Waals surface area contributed by atoms with Crippen LogP contribution in [0.3, 0.4) is 0 Å². The van der Waals surface area contributed by atoms with Gasteiger partial charge in [0.05, 0.1) is 0 Å². The van der Waals surface area contributed by atoms with E-state index in [1.807, 2.05) is 13.8 Å². The van der Waals surface area contributed by atoms with Crippen molar-refractivity contribution in [3.63, 3.8) is 0 Å². The summed E-state index contributed by atoms with van der Waals surface area (Å²) in [5.41, 5.74) is 17.1. The summed E-state index contributed by atoms with van der Waals surface area (Å²) in [6, 6.07) is 22.1. The van der Waals surface area contributed by atoms with Crippen LogP contribution < -0.4 is 10.4 Å². The number of furan rings is 2. The van der Waals surface area contributed by atoms with Crippen molar-refractivity contribution in [2.45, 2.75) is 97.3 Å². The van der Waals surface area contributed by atoms with E-state index >= 15 is 0 Å². The van der Waals surface area contributed by atoms with Gasteiger partial charge in [0.25, 0.3) is 0 Å². The Morgan fingerprint density at radius 3 is 1.09 bits per heavy atom. The van der Waals surface area contributed by atoms with Crippen LogP contribution in [0, 0.1) is 41.5 Å². The molecule has 2 aromatic heterocycles. The third kappa shape index (κ3) is 8.65. The molecule has 0 saturated heterocycles. The minimum absolute atomic E-state index is 0. The molecule has 0 saturated carbocycles. The fourth-order valence-electron chi connectivity index (χ4n) is 11.0. The van der Waals surface area contributed by atoms with Gasteiger partial charge in [-0.1, -0.05) is 0 Å². The maximum absolute atomic E-state index is 7.20. The Morgan fingerprint density at radius 1 is 0.516 bits per heavy atom.